The van der Waals surface area contributed by atoms with E-state index in [4.69, 9.17) is 10.2 Å². The van der Waals surface area contributed by atoms with Crippen LogP contribution in [-0.4, -0.2) is 46.9 Å². The number of carboxylic acids is 2. The van der Waals surface area contributed by atoms with Crippen LogP contribution >= 0.6 is 0 Å². The third kappa shape index (κ3) is 1.16. The zero-order valence-electron chi connectivity index (χ0n) is 7.50. The van der Waals surface area contributed by atoms with Gasteiger partial charge in [0.05, 0.1) is 6.61 Å². The van der Waals surface area contributed by atoms with Crippen LogP contribution in [0.15, 0.2) is 0 Å². The molecule has 0 aromatic heterocycles. The summed E-state index contributed by atoms with van der Waals surface area (Å²) in [5.41, 5.74) is -4.94. The van der Waals surface area contributed by atoms with Crippen molar-refractivity contribution in [1.82, 2.24) is 0 Å². The third-order valence-electron chi connectivity index (χ3n) is 2.57. The van der Waals surface area contributed by atoms with Crippen molar-refractivity contribution in [2.75, 3.05) is 6.61 Å². The first-order chi connectivity index (χ1) is 6.97. The first-order valence-electron chi connectivity index (χ1n) is 4.00. The molecule has 1 aliphatic heterocycles. The first kappa shape index (κ1) is 11.3. The fourth-order valence-electron chi connectivity index (χ4n) is 1.63. The molecule has 0 radical (unpaired) electrons. The normalized spacial score (nSPS) is 21.9. The van der Waals surface area contributed by atoms with E-state index in [1.807, 2.05) is 0 Å². The van der Waals surface area contributed by atoms with E-state index >= 15 is 0 Å². The summed E-state index contributed by atoms with van der Waals surface area (Å²) in [4.78, 5) is 43.2. The topological polar surface area (TPSA) is 118 Å². The number of carboxylic acid groups (broad SMARTS) is 2. The van der Waals surface area contributed by atoms with Crippen LogP contribution in [0.4, 0.5) is 0 Å². The minimum atomic E-state index is -2.52. The highest BCUT2D eigenvalue weighted by Crippen LogP contribution is 2.42. The largest absolute Gasteiger partial charge is 0.480 e. The number of aliphatic carboxylic acids is 2. The summed E-state index contributed by atoms with van der Waals surface area (Å²) >= 11 is 0. The standard InChI is InChI=1S/C8H8O7/c9-3-7(4-10)8(5(11)12,6(13)14)1-2-15-7/h3-4H,1-2H2,(H,11,12)(H,13,14). The average Bonchev–Trinajstić information content (AvgIpc) is 2.58. The Hall–Kier alpha value is -1.76. The number of hydrogen-bond acceptors (Lipinski definition) is 5. The average molecular weight is 216 g/mol. The highest BCUT2D eigenvalue weighted by Gasteiger charge is 2.67. The van der Waals surface area contributed by atoms with Crippen molar-refractivity contribution in [2.45, 2.75) is 12.0 Å². The molecule has 1 aliphatic rings. The number of aldehydes is 2. The Balaban J connectivity index is 3.40. The van der Waals surface area contributed by atoms with E-state index in [0.717, 1.165) is 0 Å². The molecule has 0 aromatic carbocycles. The summed E-state index contributed by atoms with van der Waals surface area (Å²) in [6.07, 6.45) is -0.570. The van der Waals surface area contributed by atoms with Gasteiger partial charge in [-0.25, -0.2) is 0 Å². The molecule has 0 saturated carbocycles. The Morgan fingerprint density at radius 2 is 1.60 bits per heavy atom. The molecule has 0 aromatic rings. The molecule has 82 valence electrons. The predicted molar refractivity (Wildman–Crippen MR) is 43.1 cm³/mol. The third-order valence-corrected chi connectivity index (χ3v) is 2.57. The maximum atomic E-state index is 10.9. The maximum absolute atomic E-state index is 10.9. The molecule has 0 amide bonds. The van der Waals surface area contributed by atoms with Crippen LogP contribution in [0.2, 0.25) is 0 Å². The van der Waals surface area contributed by atoms with E-state index in [2.05, 4.69) is 4.74 Å². The van der Waals surface area contributed by atoms with Gasteiger partial charge in [0.2, 0.25) is 11.0 Å². The number of ether oxygens (including phenoxy) is 1. The lowest BCUT2D eigenvalue weighted by Gasteiger charge is -2.28. The van der Waals surface area contributed by atoms with Crippen molar-refractivity contribution < 1.29 is 34.1 Å². The second kappa shape index (κ2) is 3.43. The second-order valence-corrected chi connectivity index (χ2v) is 3.14. The molecular formula is C8H8O7. The van der Waals surface area contributed by atoms with Crippen molar-refractivity contribution in [3.63, 3.8) is 0 Å². The zero-order valence-corrected chi connectivity index (χ0v) is 7.50. The SMILES string of the molecule is O=CC1(C=O)OCCC1(C(=O)O)C(=O)O. The molecule has 0 spiro atoms. The highest BCUT2D eigenvalue weighted by molar-refractivity contribution is 6.10. The van der Waals surface area contributed by atoms with Gasteiger partial charge in [-0.2, -0.15) is 0 Å². The van der Waals surface area contributed by atoms with E-state index in [1.165, 1.54) is 0 Å². The van der Waals surface area contributed by atoms with Gasteiger partial charge in [0.15, 0.2) is 12.6 Å². The van der Waals surface area contributed by atoms with Gasteiger partial charge in [-0.1, -0.05) is 0 Å². The van der Waals surface area contributed by atoms with Crippen molar-refractivity contribution in [3.05, 3.63) is 0 Å². The van der Waals surface area contributed by atoms with Crippen LogP contribution in [0.3, 0.4) is 0 Å². The Kier molecular flexibility index (Phi) is 2.59. The van der Waals surface area contributed by atoms with E-state index in [9.17, 15) is 19.2 Å². The molecule has 15 heavy (non-hydrogen) atoms. The fourth-order valence-corrected chi connectivity index (χ4v) is 1.63. The molecule has 2 N–H and O–H groups in total. The minimum Gasteiger partial charge on any atom is -0.480 e. The van der Waals surface area contributed by atoms with Crippen molar-refractivity contribution in [1.29, 1.82) is 0 Å². The Morgan fingerprint density at radius 3 is 1.87 bits per heavy atom. The number of rotatable bonds is 4. The number of carbonyl (C=O) groups is 4. The van der Waals surface area contributed by atoms with E-state index in [0.29, 0.717) is 0 Å². The quantitative estimate of drug-likeness (QED) is 0.442. The van der Waals surface area contributed by atoms with Crippen LogP contribution in [0.1, 0.15) is 6.42 Å². The number of hydrogen-bond donors (Lipinski definition) is 2. The predicted octanol–water partition coefficient (Wildman–Crippen LogP) is -1.30. The summed E-state index contributed by atoms with van der Waals surface area (Å²) in [6, 6.07) is 0. The molecule has 0 bridgehead atoms. The number of carbonyl (C=O) groups excluding carboxylic acids is 2. The van der Waals surface area contributed by atoms with Gasteiger partial charge in [0, 0.05) is 6.42 Å². The van der Waals surface area contributed by atoms with Gasteiger partial charge >= 0.3 is 11.9 Å². The Labute approximate surface area is 83.6 Å². The van der Waals surface area contributed by atoms with Gasteiger partial charge in [0.25, 0.3) is 0 Å². The molecule has 7 heteroatoms. The molecule has 1 fully saturated rings. The maximum Gasteiger partial charge on any atom is 0.325 e. The van der Waals surface area contributed by atoms with Crippen molar-refractivity contribution in [3.8, 4) is 0 Å². The Bertz CT molecular complexity index is 310. The van der Waals surface area contributed by atoms with E-state index in [1.54, 1.807) is 0 Å². The second-order valence-electron chi connectivity index (χ2n) is 3.14. The summed E-state index contributed by atoms with van der Waals surface area (Å²) in [6.45, 7) is -0.268. The molecule has 0 atom stereocenters. The first-order valence-corrected chi connectivity index (χ1v) is 4.00. The summed E-state index contributed by atoms with van der Waals surface area (Å²) < 4.78 is 4.68. The van der Waals surface area contributed by atoms with E-state index in [-0.39, 0.29) is 19.2 Å². The van der Waals surface area contributed by atoms with Crippen LogP contribution in [0, 0.1) is 5.41 Å². The summed E-state index contributed by atoms with van der Waals surface area (Å²) in [5, 5.41) is 17.7. The van der Waals surface area contributed by atoms with Crippen LogP contribution in [0.5, 0.6) is 0 Å². The van der Waals surface area contributed by atoms with E-state index < -0.39 is 29.4 Å². The monoisotopic (exact) mass is 216 g/mol. The summed E-state index contributed by atoms with van der Waals surface area (Å²) in [5.74, 6) is -3.52. The molecule has 0 aliphatic carbocycles. The lowest BCUT2D eigenvalue weighted by molar-refractivity contribution is -0.179. The van der Waals surface area contributed by atoms with Crippen LogP contribution in [-0.2, 0) is 23.9 Å². The summed E-state index contributed by atoms with van der Waals surface area (Å²) in [7, 11) is 0. The van der Waals surface area contributed by atoms with Gasteiger partial charge < -0.3 is 14.9 Å². The molecule has 1 rings (SSSR count). The van der Waals surface area contributed by atoms with Gasteiger partial charge in [-0.15, -0.1) is 0 Å². The Morgan fingerprint density at radius 1 is 1.13 bits per heavy atom. The molecule has 1 saturated heterocycles. The zero-order chi connectivity index (χ0) is 11.7. The highest BCUT2D eigenvalue weighted by atomic mass is 16.5. The minimum absolute atomic E-state index is 0.0742. The van der Waals surface area contributed by atoms with Crippen molar-refractivity contribution in [2.24, 2.45) is 5.41 Å². The van der Waals surface area contributed by atoms with Crippen molar-refractivity contribution >= 4 is 24.5 Å². The van der Waals surface area contributed by atoms with Gasteiger partial charge in [0.1, 0.15) is 0 Å². The van der Waals surface area contributed by atoms with Crippen LogP contribution < -0.4 is 0 Å². The molecule has 0 unspecified atom stereocenters. The fraction of sp³-hybridized carbons (Fsp3) is 0.500. The molecule has 7 nitrogen and oxygen atoms in total. The smallest absolute Gasteiger partial charge is 0.325 e. The van der Waals surface area contributed by atoms with Crippen LogP contribution in [0.25, 0.3) is 0 Å². The van der Waals surface area contributed by atoms with Gasteiger partial charge in [-0.05, 0) is 0 Å². The lowest BCUT2D eigenvalue weighted by atomic mass is 9.72. The van der Waals surface area contributed by atoms with Gasteiger partial charge in [-0.3, -0.25) is 19.2 Å². The molecule has 1 heterocycles. The molecular weight excluding hydrogens is 208 g/mol. The lowest BCUT2D eigenvalue weighted by Crippen LogP contribution is -2.57.